The summed E-state index contributed by atoms with van der Waals surface area (Å²) >= 11 is 0. The van der Waals surface area contributed by atoms with Crippen LogP contribution in [0.3, 0.4) is 0 Å². The maximum Gasteiger partial charge on any atom is 0.191 e. The Balaban J connectivity index is 0.00000243. The molecular weight excluding hydrogens is 443 g/mol. The Bertz CT molecular complexity index is 715. The molecule has 0 spiro atoms. The molecule has 0 aliphatic carbocycles. The Labute approximate surface area is 171 Å². The molecule has 0 saturated carbocycles. The van der Waals surface area contributed by atoms with Crippen molar-refractivity contribution in [1.82, 2.24) is 25.4 Å². The molecule has 2 aromatic rings. The molecule has 8 heteroatoms. The Morgan fingerprint density at radius 2 is 2.15 bits per heavy atom. The van der Waals surface area contributed by atoms with Crippen LogP contribution in [0.4, 0.5) is 0 Å². The molecule has 7 nitrogen and oxygen atoms in total. The number of ether oxygens (including phenoxy) is 1. The second-order valence-electron chi connectivity index (χ2n) is 6.43. The van der Waals surface area contributed by atoms with Crippen molar-refractivity contribution in [3.8, 4) is 5.75 Å². The molecule has 2 unspecified atom stereocenters. The fourth-order valence-corrected chi connectivity index (χ4v) is 2.87. The smallest absolute Gasteiger partial charge is 0.191 e. The van der Waals surface area contributed by atoms with Crippen molar-refractivity contribution in [2.45, 2.75) is 45.4 Å². The second-order valence-corrected chi connectivity index (χ2v) is 6.43. The highest BCUT2D eigenvalue weighted by molar-refractivity contribution is 14.0. The van der Waals surface area contributed by atoms with E-state index in [0.29, 0.717) is 12.6 Å². The zero-order chi connectivity index (χ0) is 17.6. The van der Waals surface area contributed by atoms with Gasteiger partial charge in [0.05, 0.1) is 13.1 Å². The first-order chi connectivity index (χ1) is 12.1. The van der Waals surface area contributed by atoms with Gasteiger partial charge in [-0.1, -0.05) is 17.7 Å². The van der Waals surface area contributed by atoms with Crippen molar-refractivity contribution >= 4 is 29.9 Å². The van der Waals surface area contributed by atoms with Crippen LogP contribution in [-0.2, 0) is 13.0 Å². The molecule has 3 rings (SSSR count). The Kier molecular flexibility index (Phi) is 7.67. The van der Waals surface area contributed by atoms with Crippen molar-refractivity contribution in [1.29, 1.82) is 0 Å². The van der Waals surface area contributed by atoms with Crippen LogP contribution in [0.25, 0.3) is 0 Å². The standard InChI is InChI=1S/C18H26N6O.HI/c1-13-4-7-16(8-5-13)25-14(2)10-20-18(19-3)23-15-6-9-17-21-12-22-24(17)11-15;/h4-5,7-8,12,14-15H,6,9-11H2,1-3H3,(H2,19,20,23);1H. The molecule has 0 radical (unpaired) electrons. The number of fused-ring (bicyclic) bond motifs is 1. The van der Waals surface area contributed by atoms with Crippen LogP contribution >= 0.6 is 24.0 Å². The first-order valence-electron chi connectivity index (χ1n) is 8.71. The van der Waals surface area contributed by atoms with Gasteiger partial charge in [0.2, 0.25) is 0 Å². The minimum atomic E-state index is 0. The van der Waals surface area contributed by atoms with Gasteiger partial charge in [-0.3, -0.25) is 4.99 Å². The molecule has 1 aliphatic heterocycles. The normalized spacial score (nSPS) is 17.7. The Hall–Kier alpha value is -1.84. The van der Waals surface area contributed by atoms with Gasteiger partial charge in [-0.05, 0) is 32.4 Å². The summed E-state index contributed by atoms with van der Waals surface area (Å²) < 4.78 is 7.88. The number of nitrogens with zero attached hydrogens (tertiary/aromatic N) is 4. The topological polar surface area (TPSA) is 76.4 Å². The van der Waals surface area contributed by atoms with Gasteiger partial charge >= 0.3 is 0 Å². The van der Waals surface area contributed by atoms with E-state index < -0.39 is 0 Å². The van der Waals surface area contributed by atoms with Crippen LogP contribution in [0, 0.1) is 6.92 Å². The molecule has 2 N–H and O–H groups in total. The molecule has 1 aromatic carbocycles. The second kappa shape index (κ2) is 9.75. The highest BCUT2D eigenvalue weighted by Crippen LogP contribution is 2.13. The summed E-state index contributed by atoms with van der Waals surface area (Å²) in [5, 5.41) is 11.0. The van der Waals surface area contributed by atoms with Gasteiger partial charge in [0.25, 0.3) is 0 Å². The minimum Gasteiger partial charge on any atom is -0.489 e. The Morgan fingerprint density at radius 3 is 2.88 bits per heavy atom. The van der Waals surface area contributed by atoms with E-state index in [1.54, 1.807) is 13.4 Å². The summed E-state index contributed by atoms with van der Waals surface area (Å²) in [6.07, 6.45) is 3.61. The zero-order valence-corrected chi connectivity index (χ0v) is 17.8. The third-order valence-electron chi connectivity index (χ3n) is 4.29. The van der Waals surface area contributed by atoms with E-state index in [9.17, 15) is 0 Å². The predicted octanol–water partition coefficient (Wildman–Crippen LogP) is 2.15. The van der Waals surface area contributed by atoms with Crippen molar-refractivity contribution in [2.75, 3.05) is 13.6 Å². The minimum absolute atomic E-state index is 0. The van der Waals surface area contributed by atoms with Gasteiger partial charge in [0, 0.05) is 19.5 Å². The van der Waals surface area contributed by atoms with Gasteiger partial charge in [-0.15, -0.1) is 24.0 Å². The molecule has 1 aromatic heterocycles. The molecule has 1 aliphatic rings. The molecule has 142 valence electrons. The van der Waals surface area contributed by atoms with E-state index in [2.05, 4.69) is 44.8 Å². The lowest BCUT2D eigenvalue weighted by atomic mass is 10.1. The maximum absolute atomic E-state index is 5.92. The molecule has 26 heavy (non-hydrogen) atoms. The third-order valence-corrected chi connectivity index (χ3v) is 4.29. The van der Waals surface area contributed by atoms with Gasteiger partial charge in [0.15, 0.2) is 5.96 Å². The number of hydrogen-bond acceptors (Lipinski definition) is 4. The number of nitrogens with one attached hydrogen (secondary N) is 2. The first-order valence-corrected chi connectivity index (χ1v) is 8.71. The lowest BCUT2D eigenvalue weighted by Crippen LogP contribution is -2.48. The van der Waals surface area contributed by atoms with Crippen LogP contribution in [0.2, 0.25) is 0 Å². The van der Waals surface area contributed by atoms with Crippen molar-refractivity contribution in [3.05, 3.63) is 42.0 Å². The highest BCUT2D eigenvalue weighted by atomic mass is 127. The van der Waals surface area contributed by atoms with E-state index in [4.69, 9.17) is 4.74 Å². The fourth-order valence-electron chi connectivity index (χ4n) is 2.87. The van der Waals surface area contributed by atoms with Gasteiger partial charge in [-0.25, -0.2) is 9.67 Å². The van der Waals surface area contributed by atoms with Gasteiger partial charge < -0.3 is 15.4 Å². The fraction of sp³-hybridized carbons (Fsp3) is 0.500. The van der Waals surface area contributed by atoms with E-state index >= 15 is 0 Å². The number of aliphatic imine (C=N–C) groups is 1. The number of guanidine groups is 1. The van der Waals surface area contributed by atoms with Crippen molar-refractivity contribution in [2.24, 2.45) is 4.99 Å². The van der Waals surface area contributed by atoms with Crippen LogP contribution in [0.5, 0.6) is 5.75 Å². The average molecular weight is 470 g/mol. The SMILES string of the molecule is CN=C(NCC(C)Oc1ccc(C)cc1)NC1CCc2ncnn2C1.I. The van der Waals surface area contributed by atoms with E-state index in [-0.39, 0.29) is 30.1 Å². The highest BCUT2D eigenvalue weighted by Gasteiger charge is 2.20. The maximum atomic E-state index is 5.92. The van der Waals surface area contributed by atoms with Crippen molar-refractivity contribution < 1.29 is 4.74 Å². The van der Waals surface area contributed by atoms with Crippen LogP contribution in [0.15, 0.2) is 35.6 Å². The number of rotatable bonds is 5. The molecular formula is C18H27IN6O. The number of halogens is 1. The summed E-state index contributed by atoms with van der Waals surface area (Å²) in [5.74, 6) is 2.72. The predicted molar refractivity (Wildman–Crippen MR) is 113 cm³/mol. The van der Waals surface area contributed by atoms with Gasteiger partial charge in [0.1, 0.15) is 24.0 Å². The molecule has 0 bridgehead atoms. The molecule has 0 amide bonds. The number of hydrogen-bond donors (Lipinski definition) is 2. The van der Waals surface area contributed by atoms with E-state index in [0.717, 1.165) is 36.9 Å². The van der Waals surface area contributed by atoms with Gasteiger partial charge in [-0.2, -0.15) is 5.10 Å². The molecule has 0 saturated heterocycles. The summed E-state index contributed by atoms with van der Waals surface area (Å²) in [6, 6.07) is 8.40. The number of aryl methyl sites for hydroxylation is 2. The molecule has 0 fully saturated rings. The van der Waals surface area contributed by atoms with E-state index in [1.165, 1.54) is 5.56 Å². The zero-order valence-electron chi connectivity index (χ0n) is 15.5. The lowest BCUT2D eigenvalue weighted by Gasteiger charge is -2.26. The van der Waals surface area contributed by atoms with Crippen LogP contribution in [0.1, 0.15) is 24.7 Å². The molecule has 2 atom stereocenters. The summed E-state index contributed by atoms with van der Waals surface area (Å²) in [4.78, 5) is 8.57. The quantitative estimate of drug-likeness (QED) is 0.398. The number of benzene rings is 1. The van der Waals surface area contributed by atoms with Crippen LogP contribution in [-0.4, -0.2) is 46.5 Å². The van der Waals surface area contributed by atoms with Crippen molar-refractivity contribution in [3.63, 3.8) is 0 Å². The number of aromatic nitrogens is 3. The lowest BCUT2D eigenvalue weighted by molar-refractivity contribution is 0.223. The largest absolute Gasteiger partial charge is 0.489 e. The average Bonchev–Trinajstić information content (AvgIpc) is 3.08. The molecule has 2 heterocycles. The summed E-state index contributed by atoms with van der Waals surface area (Å²) in [5.41, 5.74) is 1.23. The van der Waals surface area contributed by atoms with E-state index in [1.807, 2.05) is 23.7 Å². The third kappa shape index (κ3) is 5.58. The summed E-state index contributed by atoms with van der Waals surface area (Å²) in [6.45, 7) is 5.60. The monoisotopic (exact) mass is 470 g/mol. The Morgan fingerprint density at radius 1 is 1.38 bits per heavy atom. The first kappa shape index (κ1) is 20.5. The summed E-state index contributed by atoms with van der Waals surface area (Å²) in [7, 11) is 1.78. The van der Waals surface area contributed by atoms with Crippen LogP contribution < -0.4 is 15.4 Å².